The molecule has 2 bridgehead atoms. The highest BCUT2D eigenvalue weighted by Gasteiger charge is 2.52. The number of hydrogen-bond donors (Lipinski definition) is 0. The van der Waals surface area contributed by atoms with Crippen LogP contribution in [0.5, 0.6) is 5.75 Å². The van der Waals surface area contributed by atoms with Crippen molar-refractivity contribution in [3.8, 4) is 5.75 Å². The van der Waals surface area contributed by atoms with Crippen LogP contribution in [0.25, 0.3) is 0 Å². The summed E-state index contributed by atoms with van der Waals surface area (Å²) < 4.78 is 10.8. The van der Waals surface area contributed by atoms with E-state index in [2.05, 4.69) is 11.9 Å². The van der Waals surface area contributed by atoms with Crippen molar-refractivity contribution in [3.05, 3.63) is 29.8 Å². The van der Waals surface area contributed by atoms with Crippen molar-refractivity contribution in [1.29, 1.82) is 0 Å². The van der Waals surface area contributed by atoms with E-state index in [9.17, 15) is 4.79 Å². The monoisotopic (exact) mass is 303 g/mol. The zero-order chi connectivity index (χ0) is 15.7. The van der Waals surface area contributed by atoms with Gasteiger partial charge < -0.3 is 14.4 Å². The van der Waals surface area contributed by atoms with Crippen LogP contribution in [0.1, 0.15) is 38.2 Å². The number of fused-ring (bicyclic) bond motifs is 2. The number of carbonyl (C=O) groups excluding carboxylic acids is 1. The zero-order valence-corrected chi connectivity index (χ0v) is 13.7. The molecule has 0 aliphatic carbocycles. The molecule has 3 rings (SSSR count). The summed E-state index contributed by atoms with van der Waals surface area (Å²) in [6.45, 7) is 2.30. The van der Waals surface area contributed by atoms with Gasteiger partial charge in [-0.25, -0.2) is 0 Å². The molecule has 2 aliphatic heterocycles. The van der Waals surface area contributed by atoms with Gasteiger partial charge in [0.2, 0.25) is 0 Å². The van der Waals surface area contributed by atoms with E-state index in [-0.39, 0.29) is 5.97 Å². The molecule has 22 heavy (non-hydrogen) atoms. The Labute approximate surface area is 132 Å². The molecule has 4 nitrogen and oxygen atoms in total. The van der Waals surface area contributed by atoms with Crippen LogP contribution in [0.2, 0.25) is 0 Å². The van der Waals surface area contributed by atoms with E-state index in [4.69, 9.17) is 9.47 Å². The summed E-state index contributed by atoms with van der Waals surface area (Å²) in [5.41, 5.74) is 0.512. The second-order valence-corrected chi connectivity index (χ2v) is 6.49. The van der Waals surface area contributed by atoms with Gasteiger partial charge >= 0.3 is 5.97 Å². The van der Waals surface area contributed by atoms with Gasteiger partial charge in [-0.05, 0) is 57.4 Å². The molecule has 2 atom stereocenters. The van der Waals surface area contributed by atoms with E-state index in [0.29, 0.717) is 18.7 Å². The van der Waals surface area contributed by atoms with Crippen molar-refractivity contribution in [2.75, 3.05) is 20.8 Å². The van der Waals surface area contributed by atoms with Gasteiger partial charge in [-0.1, -0.05) is 12.1 Å². The molecule has 2 unspecified atom stereocenters. The first-order valence-corrected chi connectivity index (χ1v) is 8.14. The van der Waals surface area contributed by atoms with Gasteiger partial charge in [0.25, 0.3) is 0 Å². The molecular weight excluding hydrogens is 278 g/mol. The zero-order valence-electron chi connectivity index (χ0n) is 13.7. The molecule has 2 saturated heterocycles. The molecular formula is C18H25NO3. The Hall–Kier alpha value is -1.55. The van der Waals surface area contributed by atoms with Crippen LogP contribution in [0.15, 0.2) is 24.3 Å². The topological polar surface area (TPSA) is 38.8 Å². The van der Waals surface area contributed by atoms with E-state index in [1.165, 1.54) is 12.8 Å². The smallest absolute Gasteiger partial charge is 0.316 e. The van der Waals surface area contributed by atoms with Crippen molar-refractivity contribution in [1.82, 2.24) is 4.90 Å². The van der Waals surface area contributed by atoms with Gasteiger partial charge in [0.1, 0.15) is 5.75 Å². The number of piperidine rings is 1. The number of nitrogens with zero attached hydrogens (tertiary/aromatic N) is 1. The summed E-state index contributed by atoms with van der Waals surface area (Å²) in [6, 6.07) is 8.87. The molecule has 0 radical (unpaired) electrons. The molecule has 0 amide bonds. The summed E-state index contributed by atoms with van der Waals surface area (Å²) in [4.78, 5) is 15.3. The van der Waals surface area contributed by atoms with Crippen LogP contribution < -0.4 is 4.74 Å². The summed E-state index contributed by atoms with van der Waals surface area (Å²) in [5, 5.41) is 0. The number of rotatable bonds is 4. The second-order valence-electron chi connectivity index (χ2n) is 6.49. The van der Waals surface area contributed by atoms with Crippen LogP contribution in [-0.2, 0) is 14.9 Å². The first kappa shape index (κ1) is 15.3. The molecule has 0 spiro atoms. The summed E-state index contributed by atoms with van der Waals surface area (Å²) in [6.07, 6.45) is 4.02. The fourth-order valence-corrected chi connectivity index (χ4v) is 4.18. The van der Waals surface area contributed by atoms with Gasteiger partial charge in [0.15, 0.2) is 0 Å². The predicted molar refractivity (Wildman–Crippen MR) is 85.1 cm³/mol. The summed E-state index contributed by atoms with van der Waals surface area (Å²) in [5.74, 6) is 0.723. The van der Waals surface area contributed by atoms with Crippen molar-refractivity contribution >= 4 is 5.97 Å². The number of esters is 1. The Morgan fingerprint density at radius 3 is 2.59 bits per heavy atom. The average Bonchev–Trinajstić information content (AvgIpc) is 2.77. The normalized spacial score (nSPS) is 31.0. The molecule has 2 heterocycles. The van der Waals surface area contributed by atoms with E-state index in [1.807, 2.05) is 31.2 Å². The SMILES string of the molecule is CCOC(=O)C1(c2cccc(OC)c2)CC2CCC(C1)N2C. The first-order chi connectivity index (χ1) is 10.6. The van der Waals surface area contributed by atoms with Crippen LogP contribution >= 0.6 is 0 Å². The average molecular weight is 303 g/mol. The van der Waals surface area contributed by atoms with E-state index in [0.717, 1.165) is 24.2 Å². The predicted octanol–water partition coefficient (Wildman–Crippen LogP) is 2.75. The summed E-state index contributed by atoms with van der Waals surface area (Å²) >= 11 is 0. The highest BCUT2D eigenvalue weighted by Crippen LogP contribution is 2.47. The fourth-order valence-electron chi connectivity index (χ4n) is 4.18. The quantitative estimate of drug-likeness (QED) is 0.802. The minimum atomic E-state index is -0.525. The number of hydrogen-bond acceptors (Lipinski definition) is 4. The molecule has 1 aromatic rings. The molecule has 2 aliphatic rings. The highest BCUT2D eigenvalue weighted by atomic mass is 16.5. The Morgan fingerprint density at radius 1 is 1.32 bits per heavy atom. The first-order valence-electron chi connectivity index (χ1n) is 8.14. The van der Waals surface area contributed by atoms with Crippen molar-refractivity contribution in [2.45, 2.75) is 50.1 Å². The molecule has 1 aromatic carbocycles. The maximum absolute atomic E-state index is 12.9. The van der Waals surface area contributed by atoms with Gasteiger partial charge in [-0.2, -0.15) is 0 Å². The third kappa shape index (κ3) is 2.39. The molecule has 0 saturated carbocycles. The lowest BCUT2D eigenvalue weighted by atomic mass is 9.70. The molecule has 120 valence electrons. The Morgan fingerprint density at radius 2 is 2.00 bits per heavy atom. The van der Waals surface area contributed by atoms with E-state index < -0.39 is 5.41 Å². The van der Waals surface area contributed by atoms with Crippen molar-refractivity contribution < 1.29 is 14.3 Å². The lowest BCUT2D eigenvalue weighted by Gasteiger charge is -2.43. The largest absolute Gasteiger partial charge is 0.497 e. The minimum absolute atomic E-state index is 0.0757. The highest BCUT2D eigenvalue weighted by molar-refractivity contribution is 5.84. The third-order valence-electron chi connectivity index (χ3n) is 5.44. The molecule has 0 aromatic heterocycles. The lowest BCUT2D eigenvalue weighted by molar-refractivity contribution is -0.153. The number of methoxy groups -OCH3 is 1. The molecule has 4 heteroatoms. The Balaban J connectivity index is 2.02. The van der Waals surface area contributed by atoms with Crippen molar-refractivity contribution in [2.24, 2.45) is 0 Å². The Kier molecular flexibility index (Phi) is 4.13. The Bertz CT molecular complexity index is 543. The van der Waals surface area contributed by atoms with Gasteiger partial charge in [-0.15, -0.1) is 0 Å². The van der Waals surface area contributed by atoms with E-state index >= 15 is 0 Å². The van der Waals surface area contributed by atoms with Crippen LogP contribution in [0.4, 0.5) is 0 Å². The van der Waals surface area contributed by atoms with E-state index in [1.54, 1.807) is 7.11 Å². The summed E-state index contributed by atoms with van der Waals surface area (Å²) in [7, 11) is 3.84. The van der Waals surface area contributed by atoms with Crippen LogP contribution in [0, 0.1) is 0 Å². The number of carbonyl (C=O) groups is 1. The standard InChI is InChI=1S/C18H25NO3/c1-4-22-17(20)18(13-6-5-7-16(10-13)21-3)11-14-8-9-15(12-18)19(14)2/h5-7,10,14-15H,4,8-9,11-12H2,1-3H3. The molecule has 2 fully saturated rings. The van der Waals surface area contributed by atoms with Crippen LogP contribution in [0.3, 0.4) is 0 Å². The van der Waals surface area contributed by atoms with Gasteiger partial charge in [0.05, 0.1) is 19.1 Å². The van der Waals surface area contributed by atoms with Gasteiger partial charge in [0, 0.05) is 12.1 Å². The maximum Gasteiger partial charge on any atom is 0.316 e. The minimum Gasteiger partial charge on any atom is -0.497 e. The lowest BCUT2D eigenvalue weighted by Crippen LogP contribution is -2.52. The van der Waals surface area contributed by atoms with Crippen LogP contribution in [-0.4, -0.2) is 43.7 Å². The van der Waals surface area contributed by atoms with Crippen molar-refractivity contribution in [3.63, 3.8) is 0 Å². The second kappa shape index (κ2) is 5.92. The van der Waals surface area contributed by atoms with Gasteiger partial charge in [-0.3, -0.25) is 4.79 Å². The number of ether oxygens (including phenoxy) is 2. The number of benzene rings is 1. The maximum atomic E-state index is 12.9. The molecule has 0 N–H and O–H groups in total. The third-order valence-corrected chi connectivity index (χ3v) is 5.44. The fraction of sp³-hybridized carbons (Fsp3) is 0.611.